The lowest BCUT2D eigenvalue weighted by Crippen LogP contribution is -2.13. The third-order valence-corrected chi connectivity index (χ3v) is 1.71. The number of rotatable bonds is 2. The highest BCUT2D eigenvalue weighted by molar-refractivity contribution is 5.49. The molecule has 0 saturated carbocycles. The molecule has 0 radical (unpaired) electrons. The lowest BCUT2D eigenvalue weighted by molar-refractivity contribution is 0.280. The van der Waals surface area contributed by atoms with Gasteiger partial charge >= 0.3 is 0 Å². The van der Waals surface area contributed by atoms with Crippen LogP contribution in [0.4, 0.5) is 14.5 Å². The first-order valence-electron chi connectivity index (χ1n) is 3.82. The highest BCUT2D eigenvalue weighted by Crippen LogP contribution is 2.22. The number of anilines is 1. The van der Waals surface area contributed by atoms with Crippen LogP contribution in [0.2, 0.25) is 0 Å². The van der Waals surface area contributed by atoms with E-state index < -0.39 is 11.6 Å². The van der Waals surface area contributed by atoms with Crippen molar-refractivity contribution in [2.24, 2.45) is 0 Å². The molecular formula is C9H11F2NO. The number of benzene rings is 1. The van der Waals surface area contributed by atoms with Crippen LogP contribution in [-0.4, -0.2) is 19.2 Å². The van der Waals surface area contributed by atoms with Gasteiger partial charge in [-0.05, 0) is 17.7 Å². The van der Waals surface area contributed by atoms with Crippen LogP contribution in [0.3, 0.4) is 0 Å². The van der Waals surface area contributed by atoms with Crippen LogP contribution in [0.1, 0.15) is 5.56 Å². The number of hydrogen-bond acceptors (Lipinski definition) is 2. The highest BCUT2D eigenvalue weighted by atomic mass is 19.1. The van der Waals surface area contributed by atoms with Crippen LogP contribution in [0.15, 0.2) is 12.1 Å². The standard InChI is InChI=1S/C9H11F2NO/c1-12(2)9-7(10)3-6(5-13)4-8(9)11/h3-4,13H,5H2,1-2H3. The van der Waals surface area contributed by atoms with Crippen molar-refractivity contribution >= 4 is 5.69 Å². The SMILES string of the molecule is CN(C)c1c(F)cc(CO)cc1F. The summed E-state index contributed by atoms with van der Waals surface area (Å²) in [5.41, 5.74) is 0.151. The summed E-state index contributed by atoms with van der Waals surface area (Å²) in [6.45, 7) is -0.360. The van der Waals surface area contributed by atoms with E-state index in [9.17, 15) is 8.78 Å². The van der Waals surface area contributed by atoms with Crippen LogP contribution < -0.4 is 4.90 Å². The third-order valence-electron chi connectivity index (χ3n) is 1.71. The Kier molecular flexibility index (Phi) is 2.83. The first-order chi connectivity index (χ1) is 6.06. The average molecular weight is 187 g/mol. The molecule has 0 amide bonds. The number of hydrogen-bond donors (Lipinski definition) is 1. The molecular weight excluding hydrogens is 176 g/mol. The largest absolute Gasteiger partial charge is 0.392 e. The number of aliphatic hydroxyl groups excluding tert-OH is 1. The highest BCUT2D eigenvalue weighted by Gasteiger charge is 2.12. The minimum absolute atomic E-state index is 0.0859. The van der Waals surface area contributed by atoms with E-state index in [2.05, 4.69) is 0 Å². The first kappa shape index (κ1) is 9.92. The van der Waals surface area contributed by atoms with Crippen molar-refractivity contribution in [1.82, 2.24) is 0 Å². The zero-order valence-electron chi connectivity index (χ0n) is 7.51. The normalized spacial score (nSPS) is 10.2. The Bertz CT molecular complexity index is 289. The molecule has 0 aliphatic rings. The smallest absolute Gasteiger partial charge is 0.149 e. The van der Waals surface area contributed by atoms with Crippen LogP contribution >= 0.6 is 0 Å². The van der Waals surface area contributed by atoms with Crippen molar-refractivity contribution < 1.29 is 13.9 Å². The zero-order valence-corrected chi connectivity index (χ0v) is 7.51. The van der Waals surface area contributed by atoms with E-state index in [0.29, 0.717) is 0 Å². The maximum atomic E-state index is 13.2. The molecule has 0 saturated heterocycles. The van der Waals surface area contributed by atoms with Crippen LogP contribution in [-0.2, 0) is 6.61 Å². The van der Waals surface area contributed by atoms with Gasteiger partial charge < -0.3 is 10.0 Å². The molecule has 4 heteroatoms. The van der Waals surface area contributed by atoms with Gasteiger partial charge in [0.05, 0.1) is 6.61 Å². The fourth-order valence-electron chi connectivity index (χ4n) is 1.14. The molecule has 0 aliphatic heterocycles. The summed E-state index contributed by atoms with van der Waals surface area (Å²) in [6.07, 6.45) is 0. The molecule has 0 unspecified atom stereocenters. The van der Waals surface area contributed by atoms with Gasteiger partial charge in [-0.25, -0.2) is 8.78 Å². The van der Waals surface area contributed by atoms with Gasteiger partial charge in [-0.15, -0.1) is 0 Å². The Morgan fingerprint density at radius 1 is 1.23 bits per heavy atom. The van der Waals surface area contributed by atoms with E-state index in [-0.39, 0.29) is 17.9 Å². The summed E-state index contributed by atoms with van der Waals surface area (Å²) in [7, 11) is 3.11. The summed E-state index contributed by atoms with van der Waals surface area (Å²) in [4.78, 5) is 1.35. The van der Waals surface area contributed by atoms with Crippen molar-refractivity contribution in [3.63, 3.8) is 0 Å². The summed E-state index contributed by atoms with van der Waals surface area (Å²) < 4.78 is 26.3. The van der Waals surface area contributed by atoms with Gasteiger partial charge in [0.25, 0.3) is 0 Å². The Morgan fingerprint density at radius 3 is 2.00 bits per heavy atom. The van der Waals surface area contributed by atoms with E-state index in [1.54, 1.807) is 14.1 Å². The maximum absolute atomic E-state index is 13.2. The average Bonchev–Trinajstić information content (AvgIpc) is 2.02. The second kappa shape index (κ2) is 3.70. The summed E-state index contributed by atoms with van der Waals surface area (Å²) in [6, 6.07) is 2.25. The second-order valence-corrected chi connectivity index (χ2v) is 2.96. The Labute approximate surface area is 75.4 Å². The minimum atomic E-state index is -0.658. The molecule has 0 aromatic heterocycles. The lowest BCUT2D eigenvalue weighted by atomic mass is 10.2. The third kappa shape index (κ3) is 1.95. The summed E-state index contributed by atoms with van der Waals surface area (Å²) >= 11 is 0. The van der Waals surface area contributed by atoms with Gasteiger partial charge in [0.1, 0.15) is 17.3 Å². The van der Waals surface area contributed by atoms with Crippen molar-refractivity contribution in [1.29, 1.82) is 0 Å². The van der Waals surface area contributed by atoms with Crippen LogP contribution in [0, 0.1) is 11.6 Å². The second-order valence-electron chi connectivity index (χ2n) is 2.96. The molecule has 1 rings (SSSR count). The van der Waals surface area contributed by atoms with Gasteiger partial charge in [0, 0.05) is 14.1 Å². The van der Waals surface area contributed by atoms with Crippen LogP contribution in [0.5, 0.6) is 0 Å². The van der Waals surface area contributed by atoms with E-state index in [0.717, 1.165) is 12.1 Å². The predicted molar refractivity (Wildman–Crippen MR) is 46.6 cm³/mol. The molecule has 13 heavy (non-hydrogen) atoms. The molecule has 0 atom stereocenters. The van der Waals surface area contributed by atoms with Gasteiger partial charge in [0.2, 0.25) is 0 Å². The molecule has 0 heterocycles. The minimum Gasteiger partial charge on any atom is -0.392 e. The predicted octanol–water partition coefficient (Wildman–Crippen LogP) is 1.52. The van der Waals surface area contributed by atoms with Gasteiger partial charge in [0.15, 0.2) is 0 Å². The molecule has 1 N–H and O–H groups in total. The number of nitrogens with zero attached hydrogens (tertiary/aromatic N) is 1. The van der Waals surface area contributed by atoms with Gasteiger partial charge in [-0.1, -0.05) is 0 Å². The lowest BCUT2D eigenvalue weighted by Gasteiger charge is -2.14. The van der Waals surface area contributed by atoms with Gasteiger partial charge in [-0.2, -0.15) is 0 Å². The quantitative estimate of drug-likeness (QED) is 0.758. The Morgan fingerprint density at radius 2 is 1.69 bits per heavy atom. The molecule has 72 valence electrons. The van der Waals surface area contributed by atoms with E-state index >= 15 is 0 Å². The van der Waals surface area contributed by atoms with Crippen molar-refractivity contribution in [3.8, 4) is 0 Å². The molecule has 0 aliphatic carbocycles. The summed E-state index contributed by atoms with van der Waals surface area (Å²) in [5, 5.41) is 8.67. The molecule has 0 spiro atoms. The zero-order chi connectivity index (χ0) is 10.0. The Hall–Kier alpha value is -1.16. The fourth-order valence-corrected chi connectivity index (χ4v) is 1.14. The maximum Gasteiger partial charge on any atom is 0.149 e. The Balaban J connectivity index is 3.23. The first-order valence-corrected chi connectivity index (χ1v) is 3.82. The molecule has 0 bridgehead atoms. The summed E-state index contributed by atoms with van der Waals surface area (Å²) in [5.74, 6) is -1.32. The number of aliphatic hydroxyl groups is 1. The van der Waals surface area contributed by atoms with Crippen molar-refractivity contribution in [2.45, 2.75) is 6.61 Å². The topological polar surface area (TPSA) is 23.5 Å². The fraction of sp³-hybridized carbons (Fsp3) is 0.333. The monoisotopic (exact) mass is 187 g/mol. The van der Waals surface area contributed by atoms with Gasteiger partial charge in [-0.3, -0.25) is 0 Å². The van der Waals surface area contributed by atoms with E-state index in [4.69, 9.17) is 5.11 Å². The van der Waals surface area contributed by atoms with Crippen molar-refractivity contribution in [2.75, 3.05) is 19.0 Å². The molecule has 1 aromatic rings. The van der Waals surface area contributed by atoms with Crippen molar-refractivity contribution in [3.05, 3.63) is 29.3 Å². The number of halogens is 2. The van der Waals surface area contributed by atoms with E-state index in [1.807, 2.05) is 0 Å². The van der Waals surface area contributed by atoms with Crippen LogP contribution in [0.25, 0.3) is 0 Å². The molecule has 0 fully saturated rings. The van der Waals surface area contributed by atoms with E-state index in [1.165, 1.54) is 4.90 Å². The molecule has 1 aromatic carbocycles. The molecule has 2 nitrogen and oxygen atoms in total.